The number of aromatic nitrogens is 1. The second-order valence-electron chi connectivity index (χ2n) is 7.66. The Hall–Kier alpha value is -1.36. The normalized spacial score (nSPS) is 20.7. The van der Waals surface area contributed by atoms with Crippen LogP contribution in [0.25, 0.3) is 11.5 Å². The van der Waals surface area contributed by atoms with Gasteiger partial charge in [-0.25, -0.2) is 4.98 Å². The molecule has 2 aliphatic rings. The molecule has 140 valence electrons. The van der Waals surface area contributed by atoms with Crippen LogP contribution in [-0.4, -0.2) is 35.7 Å². The van der Waals surface area contributed by atoms with Crippen molar-refractivity contribution in [1.82, 2.24) is 9.88 Å². The van der Waals surface area contributed by atoms with Crippen LogP contribution in [0.5, 0.6) is 0 Å². The lowest BCUT2D eigenvalue weighted by Gasteiger charge is -2.33. The van der Waals surface area contributed by atoms with Gasteiger partial charge < -0.3 is 9.15 Å². The minimum Gasteiger partial charge on any atom is -0.441 e. The van der Waals surface area contributed by atoms with E-state index in [9.17, 15) is 0 Å². The Bertz CT molecular complexity index is 735. The molecule has 2 aromatic rings. The van der Waals surface area contributed by atoms with E-state index in [0.717, 1.165) is 49.2 Å². The van der Waals surface area contributed by atoms with Crippen molar-refractivity contribution in [3.63, 3.8) is 0 Å². The van der Waals surface area contributed by atoms with Crippen LogP contribution in [0.3, 0.4) is 0 Å². The first-order valence-electron chi connectivity index (χ1n) is 9.73. The van der Waals surface area contributed by atoms with Gasteiger partial charge in [0.2, 0.25) is 5.89 Å². The number of rotatable bonds is 7. The maximum Gasteiger partial charge on any atom is 0.226 e. The molecule has 0 bridgehead atoms. The van der Waals surface area contributed by atoms with E-state index in [0.29, 0.717) is 17.0 Å². The van der Waals surface area contributed by atoms with Gasteiger partial charge in [-0.1, -0.05) is 24.1 Å². The molecule has 1 aliphatic heterocycles. The lowest BCUT2D eigenvalue weighted by atomic mass is 9.85. The number of halogens is 1. The van der Waals surface area contributed by atoms with Gasteiger partial charge in [0.25, 0.3) is 0 Å². The van der Waals surface area contributed by atoms with Crippen molar-refractivity contribution >= 4 is 11.6 Å². The molecule has 1 atom stereocenters. The summed E-state index contributed by atoms with van der Waals surface area (Å²) in [6, 6.07) is 7.68. The van der Waals surface area contributed by atoms with Crippen LogP contribution in [0, 0.1) is 12.8 Å². The van der Waals surface area contributed by atoms with Crippen LogP contribution in [0.4, 0.5) is 0 Å². The van der Waals surface area contributed by atoms with Crippen molar-refractivity contribution in [2.75, 3.05) is 19.7 Å². The van der Waals surface area contributed by atoms with Gasteiger partial charge in [0.15, 0.2) is 0 Å². The van der Waals surface area contributed by atoms with E-state index in [-0.39, 0.29) is 0 Å². The van der Waals surface area contributed by atoms with E-state index in [1.165, 1.54) is 32.1 Å². The molecule has 1 unspecified atom stereocenters. The molecule has 0 amide bonds. The van der Waals surface area contributed by atoms with Gasteiger partial charge in [0, 0.05) is 36.8 Å². The van der Waals surface area contributed by atoms with Gasteiger partial charge in [0.1, 0.15) is 5.76 Å². The number of nitrogens with zero attached hydrogens (tertiary/aromatic N) is 2. The minimum absolute atomic E-state index is 0.370. The first-order valence-corrected chi connectivity index (χ1v) is 10.1. The molecule has 4 nitrogen and oxygen atoms in total. The molecule has 2 heterocycles. The molecule has 2 fully saturated rings. The van der Waals surface area contributed by atoms with Crippen LogP contribution in [-0.2, 0) is 11.3 Å². The fourth-order valence-corrected chi connectivity index (χ4v) is 4.04. The third-order valence-corrected chi connectivity index (χ3v) is 5.80. The summed E-state index contributed by atoms with van der Waals surface area (Å²) < 4.78 is 11.8. The first-order chi connectivity index (χ1) is 12.7. The maximum absolute atomic E-state index is 6.11. The van der Waals surface area contributed by atoms with Gasteiger partial charge in [-0.05, 0) is 56.7 Å². The summed E-state index contributed by atoms with van der Waals surface area (Å²) in [7, 11) is 0. The summed E-state index contributed by atoms with van der Waals surface area (Å²) in [6.45, 7) is 5.87. The second-order valence-corrected chi connectivity index (χ2v) is 8.09. The smallest absolute Gasteiger partial charge is 0.226 e. The lowest BCUT2D eigenvalue weighted by molar-refractivity contribution is 0.0574. The quantitative estimate of drug-likeness (QED) is 0.677. The third kappa shape index (κ3) is 4.30. The van der Waals surface area contributed by atoms with Crippen molar-refractivity contribution < 1.29 is 9.15 Å². The highest BCUT2D eigenvalue weighted by molar-refractivity contribution is 6.30. The zero-order valence-corrected chi connectivity index (χ0v) is 16.2. The molecule has 1 aliphatic carbocycles. The van der Waals surface area contributed by atoms with Gasteiger partial charge in [-0.2, -0.15) is 0 Å². The Morgan fingerprint density at radius 1 is 1.19 bits per heavy atom. The van der Waals surface area contributed by atoms with Crippen molar-refractivity contribution in [1.29, 1.82) is 0 Å². The zero-order valence-electron chi connectivity index (χ0n) is 15.4. The predicted molar refractivity (Wildman–Crippen MR) is 103 cm³/mol. The SMILES string of the molecule is Cc1oc(-c2cccc(Cl)c2)nc1CN(CC1CCC1)CC1CCCO1. The highest BCUT2D eigenvalue weighted by Gasteiger charge is 2.26. The van der Waals surface area contributed by atoms with Crippen molar-refractivity contribution in [2.24, 2.45) is 5.92 Å². The summed E-state index contributed by atoms with van der Waals surface area (Å²) in [6.07, 6.45) is 6.81. The first kappa shape index (κ1) is 18.0. The van der Waals surface area contributed by atoms with Crippen LogP contribution in [0.15, 0.2) is 28.7 Å². The summed E-state index contributed by atoms with van der Waals surface area (Å²) in [5, 5.41) is 0.699. The van der Waals surface area contributed by atoms with Crippen molar-refractivity contribution in [3.8, 4) is 11.5 Å². The highest BCUT2D eigenvalue weighted by atomic mass is 35.5. The van der Waals surface area contributed by atoms with Gasteiger partial charge in [-0.3, -0.25) is 4.90 Å². The fraction of sp³-hybridized carbons (Fsp3) is 0.571. The Morgan fingerprint density at radius 2 is 2.08 bits per heavy atom. The number of ether oxygens (including phenoxy) is 1. The van der Waals surface area contributed by atoms with E-state index >= 15 is 0 Å². The molecule has 26 heavy (non-hydrogen) atoms. The molecular formula is C21H27ClN2O2. The fourth-order valence-electron chi connectivity index (χ4n) is 3.85. The van der Waals surface area contributed by atoms with Crippen LogP contribution in [0.1, 0.15) is 43.6 Å². The second kappa shape index (κ2) is 8.12. The molecule has 1 saturated carbocycles. The number of aryl methyl sites for hydroxylation is 1. The van der Waals surface area contributed by atoms with Gasteiger partial charge in [0.05, 0.1) is 11.8 Å². The Kier molecular flexibility index (Phi) is 5.63. The summed E-state index contributed by atoms with van der Waals surface area (Å²) in [4.78, 5) is 7.30. The van der Waals surface area contributed by atoms with Crippen molar-refractivity contribution in [2.45, 2.75) is 51.7 Å². The number of hydrogen-bond donors (Lipinski definition) is 0. The summed E-state index contributed by atoms with van der Waals surface area (Å²) >= 11 is 6.11. The Labute approximate surface area is 160 Å². The highest BCUT2D eigenvalue weighted by Crippen LogP contribution is 2.29. The molecule has 5 heteroatoms. The Balaban J connectivity index is 1.48. The predicted octanol–water partition coefficient (Wildman–Crippen LogP) is 5.08. The largest absolute Gasteiger partial charge is 0.441 e. The molecule has 0 N–H and O–H groups in total. The van der Waals surface area contributed by atoms with E-state index in [1.807, 2.05) is 31.2 Å². The van der Waals surface area contributed by atoms with E-state index < -0.39 is 0 Å². The average Bonchev–Trinajstić information content (AvgIpc) is 3.21. The monoisotopic (exact) mass is 374 g/mol. The van der Waals surface area contributed by atoms with E-state index in [4.69, 9.17) is 25.7 Å². The zero-order chi connectivity index (χ0) is 17.9. The average molecular weight is 375 g/mol. The summed E-state index contributed by atoms with van der Waals surface area (Å²) in [5.74, 6) is 2.38. The van der Waals surface area contributed by atoms with Crippen molar-refractivity contribution in [3.05, 3.63) is 40.7 Å². The number of oxazole rings is 1. The van der Waals surface area contributed by atoms with E-state index in [2.05, 4.69) is 4.90 Å². The molecule has 0 radical (unpaired) electrons. The number of benzene rings is 1. The maximum atomic E-state index is 6.11. The molecule has 1 saturated heterocycles. The van der Waals surface area contributed by atoms with Gasteiger partial charge >= 0.3 is 0 Å². The molecule has 0 spiro atoms. The number of hydrogen-bond acceptors (Lipinski definition) is 4. The topological polar surface area (TPSA) is 38.5 Å². The van der Waals surface area contributed by atoms with E-state index in [1.54, 1.807) is 0 Å². The Morgan fingerprint density at radius 3 is 2.77 bits per heavy atom. The van der Waals surface area contributed by atoms with Crippen LogP contribution in [0.2, 0.25) is 5.02 Å². The molecule has 1 aromatic heterocycles. The molecular weight excluding hydrogens is 348 g/mol. The minimum atomic E-state index is 0.370. The standard InChI is InChI=1S/C21H27ClN2O2/c1-15-20(23-21(26-15)17-7-3-8-18(22)11-17)14-24(12-16-5-2-6-16)13-19-9-4-10-25-19/h3,7-8,11,16,19H,2,4-6,9-10,12-14H2,1H3. The summed E-state index contributed by atoms with van der Waals surface area (Å²) in [5.41, 5.74) is 1.95. The molecule has 1 aromatic carbocycles. The van der Waals surface area contributed by atoms with Crippen LogP contribution >= 0.6 is 11.6 Å². The third-order valence-electron chi connectivity index (χ3n) is 5.56. The van der Waals surface area contributed by atoms with Gasteiger partial charge in [-0.15, -0.1) is 0 Å². The lowest BCUT2D eigenvalue weighted by Crippen LogP contribution is -2.37. The van der Waals surface area contributed by atoms with Crippen LogP contribution < -0.4 is 0 Å². The molecule has 4 rings (SSSR count).